The van der Waals surface area contributed by atoms with Gasteiger partial charge in [0, 0.05) is 19.6 Å². The first-order valence-electron chi connectivity index (χ1n) is 4.82. The van der Waals surface area contributed by atoms with Crippen molar-refractivity contribution in [3.63, 3.8) is 0 Å². The van der Waals surface area contributed by atoms with Crippen LogP contribution in [0.4, 0.5) is 0 Å². The molecule has 1 saturated heterocycles. The van der Waals surface area contributed by atoms with E-state index in [9.17, 15) is 9.90 Å². The Morgan fingerprint density at radius 1 is 1.86 bits per heavy atom. The van der Waals surface area contributed by atoms with Crippen LogP contribution in [0.25, 0.3) is 0 Å². The molecule has 0 aromatic carbocycles. The Hall–Kier alpha value is -0.650. The van der Waals surface area contributed by atoms with Crippen LogP contribution >= 0.6 is 0 Å². The number of ether oxygens (including phenoxy) is 1. The summed E-state index contributed by atoms with van der Waals surface area (Å²) in [5, 5.41) is 12.9. The Morgan fingerprint density at radius 2 is 2.50 bits per heavy atom. The zero-order chi connectivity index (χ0) is 10.8. The lowest BCUT2D eigenvalue weighted by Crippen LogP contribution is -2.50. The van der Waals surface area contributed by atoms with Crippen molar-refractivity contribution < 1.29 is 14.6 Å². The average Bonchev–Trinajstić information content (AvgIpc) is 2.44. The Balaban J connectivity index is 2.40. The van der Waals surface area contributed by atoms with Gasteiger partial charge in [0.25, 0.3) is 0 Å². The number of hydrogen-bond acceptors (Lipinski definition) is 4. The maximum absolute atomic E-state index is 10.7. The van der Waals surface area contributed by atoms with Crippen molar-refractivity contribution in [2.75, 3.05) is 13.2 Å². The third-order valence-electron chi connectivity index (χ3n) is 2.80. The third-order valence-corrected chi connectivity index (χ3v) is 2.80. The second kappa shape index (κ2) is 4.25. The molecule has 1 rings (SSSR count). The lowest BCUT2D eigenvalue weighted by atomic mass is 9.96. The van der Waals surface area contributed by atoms with Crippen LogP contribution < -0.4 is 11.1 Å². The van der Waals surface area contributed by atoms with Gasteiger partial charge >= 0.3 is 0 Å². The fourth-order valence-corrected chi connectivity index (χ4v) is 1.43. The lowest BCUT2D eigenvalue weighted by Gasteiger charge is -2.27. The highest BCUT2D eigenvalue weighted by molar-refractivity contribution is 5.79. The van der Waals surface area contributed by atoms with Crippen LogP contribution in [0, 0.1) is 0 Å². The molecule has 4 N–H and O–H groups in total. The van der Waals surface area contributed by atoms with Gasteiger partial charge in [0.05, 0.1) is 12.1 Å². The molecule has 14 heavy (non-hydrogen) atoms. The minimum atomic E-state index is -0.871. The highest BCUT2D eigenvalue weighted by Crippen LogP contribution is 2.24. The number of nitrogens with two attached hydrogens (primary N) is 1. The number of hydrogen-bond donors (Lipinski definition) is 3. The number of primary amides is 1. The van der Waals surface area contributed by atoms with Crippen LogP contribution in [0.3, 0.4) is 0 Å². The van der Waals surface area contributed by atoms with Crippen molar-refractivity contribution in [1.82, 2.24) is 5.32 Å². The van der Waals surface area contributed by atoms with Crippen LogP contribution in [0.5, 0.6) is 0 Å². The van der Waals surface area contributed by atoms with Gasteiger partial charge in [-0.15, -0.1) is 0 Å². The first-order chi connectivity index (χ1) is 6.46. The molecule has 0 saturated carbocycles. The molecular formula is C9H18N2O3. The molecule has 1 heterocycles. The fraction of sp³-hybridized carbons (Fsp3) is 0.889. The van der Waals surface area contributed by atoms with Crippen molar-refractivity contribution in [1.29, 1.82) is 0 Å². The SMILES string of the molecule is CC(NCC1(O)CCOC1C)C(N)=O. The predicted octanol–water partition coefficient (Wildman–Crippen LogP) is -1.01. The highest BCUT2D eigenvalue weighted by atomic mass is 16.5. The van der Waals surface area contributed by atoms with Crippen LogP contribution in [-0.4, -0.2) is 41.9 Å². The van der Waals surface area contributed by atoms with E-state index in [2.05, 4.69) is 5.32 Å². The van der Waals surface area contributed by atoms with Gasteiger partial charge in [-0.1, -0.05) is 0 Å². The minimum Gasteiger partial charge on any atom is -0.386 e. The molecule has 0 bridgehead atoms. The van der Waals surface area contributed by atoms with Crippen molar-refractivity contribution in [3.05, 3.63) is 0 Å². The summed E-state index contributed by atoms with van der Waals surface area (Å²) in [4.78, 5) is 10.7. The van der Waals surface area contributed by atoms with Crippen LogP contribution in [0.1, 0.15) is 20.3 Å². The Morgan fingerprint density at radius 3 is 2.93 bits per heavy atom. The molecule has 0 aromatic rings. The summed E-state index contributed by atoms with van der Waals surface area (Å²) in [5.41, 5.74) is 4.21. The zero-order valence-electron chi connectivity index (χ0n) is 8.62. The second-order valence-corrected chi connectivity index (χ2v) is 3.87. The summed E-state index contributed by atoms with van der Waals surface area (Å²) in [6.45, 7) is 4.39. The molecule has 0 aromatic heterocycles. The van der Waals surface area contributed by atoms with Gasteiger partial charge < -0.3 is 20.9 Å². The van der Waals surface area contributed by atoms with E-state index in [1.165, 1.54) is 0 Å². The standard InChI is InChI=1S/C9H18N2O3/c1-6(8(10)12)11-5-9(13)3-4-14-7(9)2/h6-7,11,13H,3-5H2,1-2H3,(H2,10,12). The van der Waals surface area contributed by atoms with Crippen molar-refractivity contribution >= 4 is 5.91 Å². The number of amides is 1. The van der Waals surface area contributed by atoms with E-state index >= 15 is 0 Å². The van der Waals surface area contributed by atoms with Gasteiger partial charge in [0.2, 0.25) is 5.91 Å². The van der Waals surface area contributed by atoms with E-state index in [1.807, 2.05) is 6.92 Å². The van der Waals surface area contributed by atoms with E-state index in [4.69, 9.17) is 10.5 Å². The van der Waals surface area contributed by atoms with Crippen molar-refractivity contribution in [2.45, 2.75) is 38.0 Å². The third kappa shape index (κ3) is 2.43. The van der Waals surface area contributed by atoms with Gasteiger partial charge in [-0.3, -0.25) is 4.79 Å². The summed E-state index contributed by atoms with van der Waals surface area (Å²) in [5.74, 6) is -0.417. The first-order valence-corrected chi connectivity index (χ1v) is 4.82. The molecule has 3 unspecified atom stereocenters. The maximum Gasteiger partial charge on any atom is 0.234 e. The Kier molecular flexibility index (Phi) is 3.47. The van der Waals surface area contributed by atoms with Gasteiger partial charge in [-0.25, -0.2) is 0 Å². The number of rotatable bonds is 4. The quantitative estimate of drug-likeness (QED) is 0.545. The summed E-state index contributed by atoms with van der Waals surface area (Å²) in [6.07, 6.45) is 0.391. The van der Waals surface area contributed by atoms with Crippen LogP contribution in [0.2, 0.25) is 0 Å². The topological polar surface area (TPSA) is 84.6 Å². The summed E-state index contributed by atoms with van der Waals surface area (Å²) < 4.78 is 5.26. The number of aliphatic hydroxyl groups is 1. The first kappa shape index (κ1) is 11.4. The molecule has 5 heteroatoms. The van der Waals surface area contributed by atoms with E-state index in [0.29, 0.717) is 19.6 Å². The molecule has 0 radical (unpaired) electrons. The van der Waals surface area contributed by atoms with Crippen molar-refractivity contribution in [2.24, 2.45) is 5.73 Å². The molecule has 5 nitrogen and oxygen atoms in total. The minimum absolute atomic E-state index is 0.199. The Bertz CT molecular complexity index is 222. The highest BCUT2D eigenvalue weighted by Gasteiger charge is 2.39. The number of carbonyl (C=O) groups is 1. The predicted molar refractivity (Wildman–Crippen MR) is 51.6 cm³/mol. The molecule has 3 atom stereocenters. The van der Waals surface area contributed by atoms with Gasteiger partial charge in [-0.2, -0.15) is 0 Å². The maximum atomic E-state index is 10.7. The average molecular weight is 202 g/mol. The van der Waals surface area contributed by atoms with Crippen LogP contribution in [-0.2, 0) is 9.53 Å². The fourth-order valence-electron chi connectivity index (χ4n) is 1.43. The molecular weight excluding hydrogens is 184 g/mol. The lowest BCUT2D eigenvalue weighted by molar-refractivity contribution is -0.120. The number of carbonyl (C=O) groups excluding carboxylic acids is 1. The van der Waals surface area contributed by atoms with E-state index < -0.39 is 17.6 Å². The molecule has 1 amide bonds. The molecule has 82 valence electrons. The van der Waals surface area contributed by atoms with E-state index in [-0.39, 0.29) is 6.10 Å². The van der Waals surface area contributed by atoms with Gasteiger partial charge in [0.1, 0.15) is 5.60 Å². The van der Waals surface area contributed by atoms with E-state index in [0.717, 1.165) is 0 Å². The van der Waals surface area contributed by atoms with Gasteiger partial charge in [0.15, 0.2) is 0 Å². The summed E-state index contributed by atoms with van der Waals surface area (Å²) >= 11 is 0. The summed E-state index contributed by atoms with van der Waals surface area (Å²) in [6, 6.07) is -0.424. The second-order valence-electron chi connectivity index (χ2n) is 3.87. The van der Waals surface area contributed by atoms with Crippen LogP contribution in [0.15, 0.2) is 0 Å². The van der Waals surface area contributed by atoms with Crippen molar-refractivity contribution in [3.8, 4) is 0 Å². The normalized spacial score (nSPS) is 34.4. The molecule has 0 aliphatic carbocycles. The zero-order valence-corrected chi connectivity index (χ0v) is 8.62. The molecule has 1 fully saturated rings. The smallest absolute Gasteiger partial charge is 0.234 e. The monoisotopic (exact) mass is 202 g/mol. The Labute approximate surface area is 83.6 Å². The summed E-state index contributed by atoms with van der Waals surface area (Å²) in [7, 11) is 0. The molecule has 0 spiro atoms. The van der Waals surface area contributed by atoms with Gasteiger partial charge in [-0.05, 0) is 13.8 Å². The molecule has 1 aliphatic heterocycles. The molecule has 1 aliphatic rings. The largest absolute Gasteiger partial charge is 0.386 e. The van der Waals surface area contributed by atoms with E-state index in [1.54, 1.807) is 6.92 Å². The number of nitrogens with one attached hydrogen (secondary N) is 1.